The number of hydrogen-bond acceptors (Lipinski definition) is 4. The van der Waals surface area contributed by atoms with Crippen molar-refractivity contribution < 1.29 is 13.2 Å². The van der Waals surface area contributed by atoms with Crippen molar-refractivity contribution in [2.24, 2.45) is 0 Å². The van der Waals surface area contributed by atoms with Crippen LogP contribution in [0.3, 0.4) is 0 Å². The lowest BCUT2D eigenvalue weighted by Gasteiger charge is -2.11. The summed E-state index contributed by atoms with van der Waals surface area (Å²) in [6.07, 6.45) is 2.07. The van der Waals surface area contributed by atoms with Gasteiger partial charge in [0.25, 0.3) is 5.91 Å². The minimum Gasteiger partial charge on any atom is -0.348 e. The molecule has 122 valence electrons. The smallest absolute Gasteiger partial charge is 0.255 e. The van der Waals surface area contributed by atoms with Crippen molar-refractivity contribution in [1.82, 2.24) is 15.1 Å². The van der Waals surface area contributed by atoms with Crippen LogP contribution in [-0.2, 0) is 16.4 Å². The van der Waals surface area contributed by atoms with E-state index >= 15 is 0 Å². The minimum absolute atomic E-state index is 0.0978. The highest BCUT2D eigenvalue weighted by molar-refractivity contribution is 7.91. The zero-order valence-corrected chi connectivity index (χ0v) is 13.7. The molecule has 7 heteroatoms. The number of carbonyl (C=O) groups is 1. The van der Waals surface area contributed by atoms with Gasteiger partial charge in [-0.1, -0.05) is 30.3 Å². The second-order valence-corrected chi connectivity index (χ2v) is 8.04. The maximum absolute atomic E-state index is 12.3. The number of nitrogens with zero attached hydrogens (tertiary/aromatic N) is 2. The lowest BCUT2D eigenvalue weighted by Crippen LogP contribution is -2.23. The quantitative estimate of drug-likeness (QED) is 0.919. The third-order valence-electron chi connectivity index (χ3n) is 4.14. The third kappa shape index (κ3) is 3.44. The van der Waals surface area contributed by atoms with Crippen LogP contribution in [0.1, 0.15) is 34.1 Å². The van der Waals surface area contributed by atoms with Crippen LogP contribution in [0.15, 0.2) is 36.5 Å². The number of aromatic nitrogens is 2. The molecule has 0 radical (unpaired) electrons. The van der Waals surface area contributed by atoms with Gasteiger partial charge in [0.15, 0.2) is 9.84 Å². The van der Waals surface area contributed by atoms with Crippen LogP contribution in [-0.4, -0.2) is 35.6 Å². The first-order chi connectivity index (χ1) is 11.0. The molecule has 1 atom stereocenters. The highest BCUT2D eigenvalue weighted by atomic mass is 32.2. The van der Waals surface area contributed by atoms with Gasteiger partial charge < -0.3 is 5.32 Å². The Balaban J connectivity index is 1.70. The summed E-state index contributed by atoms with van der Waals surface area (Å²) in [7, 11) is -2.98. The largest absolute Gasteiger partial charge is 0.348 e. The molecule has 1 fully saturated rings. The zero-order valence-electron chi connectivity index (χ0n) is 12.9. The maximum Gasteiger partial charge on any atom is 0.255 e. The second kappa shape index (κ2) is 6.16. The molecule has 0 saturated carbocycles. The predicted octanol–water partition coefficient (Wildman–Crippen LogP) is 1.48. The molecule has 1 aliphatic heterocycles. The molecule has 1 saturated heterocycles. The summed E-state index contributed by atoms with van der Waals surface area (Å²) in [5.41, 5.74) is 2.22. The van der Waals surface area contributed by atoms with Crippen molar-refractivity contribution in [2.75, 3.05) is 11.5 Å². The van der Waals surface area contributed by atoms with E-state index in [0.29, 0.717) is 24.2 Å². The number of carbonyl (C=O) groups excluding carboxylic acids is 1. The number of rotatable bonds is 4. The van der Waals surface area contributed by atoms with Gasteiger partial charge in [0.05, 0.1) is 29.3 Å². The van der Waals surface area contributed by atoms with E-state index in [1.165, 1.54) is 6.20 Å². The predicted molar refractivity (Wildman–Crippen MR) is 86.9 cm³/mol. The Labute approximate surface area is 135 Å². The first-order valence-electron chi connectivity index (χ1n) is 7.53. The molecule has 3 rings (SSSR count). The van der Waals surface area contributed by atoms with E-state index in [-0.39, 0.29) is 23.5 Å². The van der Waals surface area contributed by atoms with Gasteiger partial charge >= 0.3 is 0 Å². The number of benzene rings is 1. The van der Waals surface area contributed by atoms with Crippen LogP contribution in [0.25, 0.3) is 0 Å². The summed E-state index contributed by atoms with van der Waals surface area (Å²) in [5.74, 6) is 0.0889. The Morgan fingerprint density at radius 3 is 2.74 bits per heavy atom. The molecular formula is C16H19N3O3S. The SMILES string of the molecule is Cc1c(C(=O)NCc2ccccc2)cnn1C1CCS(=O)(=O)C1. The molecule has 1 aromatic carbocycles. The summed E-state index contributed by atoms with van der Waals surface area (Å²) in [6, 6.07) is 9.49. The van der Waals surface area contributed by atoms with Gasteiger partial charge in [-0.25, -0.2) is 8.42 Å². The van der Waals surface area contributed by atoms with Crippen molar-refractivity contribution in [2.45, 2.75) is 25.9 Å². The van der Waals surface area contributed by atoms with E-state index in [0.717, 1.165) is 5.56 Å². The van der Waals surface area contributed by atoms with E-state index < -0.39 is 9.84 Å². The number of nitrogens with one attached hydrogen (secondary N) is 1. The highest BCUT2D eigenvalue weighted by Crippen LogP contribution is 2.25. The molecule has 0 bridgehead atoms. The summed E-state index contributed by atoms with van der Waals surface area (Å²) < 4.78 is 24.9. The molecule has 0 spiro atoms. The maximum atomic E-state index is 12.3. The van der Waals surface area contributed by atoms with Gasteiger partial charge in [-0.3, -0.25) is 9.48 Å². The molecule has 1 unspecified atom stereocenters. The Hall–Kier alpha value is -2.15. The van der Waals surface area contributed by atoms with E-state index in [2.05, 4.69) is 10.4 Å². The molecule has 1 amide bonds. The van der Waals surface area contributed by atoms with Crippen molar-refractivity contribution in [3.8, 4) is 0 Å². The van der Waals surface area contributed by atoms with Gasteiger partial charge in [-0.2, -0.15) is 5.10 Å². The van der Waals surface area contributed by atoms with Crippen molar-refractivity contribution in [1.29, 1.82) is 0 Å². The zero-order chi connectivity index (χ0) is 16.4. The molecule has 23 heavy (non-hydrogen) atoms. The van der Waals surface area contributed by atoms with Crippen LogP contribution in [0.2, 0.25) is 0 Å². The highest BCUT2D eigenvalue weighted by Gasteiger charge is 2.31. The number of amides is 1. The first kappa shape index (κ1) is 15.7. The van der Waals surface area contributed by atoms with Gasteiger partial charge in [0.2, 0.25) is 0 Å². The molecule has 1 N–H and O–H groups in total. The fraction of sp³-hybridized carbons (Fsp3) is 0.375. The van der Waals surface area contributed by atoms with Gasteiger partial charge in [0, 0.05) is 12.2 Å². The fourth-order valence-electron chi connectivity index (χ4n) is 2.86. The Morgan fingerprint density at radius 1 is 1.35 bits per heavy atom. The third-order valence-corrected chi connectivity index (χ3v) is 5.89. The van der Waals surface area contributed by atoms with Gasteiger partial charge in [-0.15, -0.1) is 0 Å². The monoisotopic (exact) mass is 333 g/mol. The number of sulfone groups is 1. The van der Waals surface area contributed by atoms with Crippen LogP contribution in [0.5, 0.6) is 0 Å². The normalized spacial score (nSPS) is 19.6. The van der Waals surface area contributed by atoms with Crippen molar-refractivity contribution in [3.05, 3.63) is 53.3 Å². The minimum atomic E-state index is -2.98. The van der Waals surface area contributed by atoms with Crippen LogP contribution < -0.4 is 5.32 Å². The molecule has 2 heterocycles. The molecule has 6 nitrogen and oxygen atoms in total. The molecule has 0 aliphatic carbocycles. The summed E-state index contributed by atoms with van der Waals surface area (Å²) in [5, 5.41) is 7.10. The fourth-order valence-corrected chi connectivity index (χ4v) is 4.55. The Kier molecular flexibility index (Phi) is 4.21. The van der Waals surface area contributed by atoms with E-state index in [4.69, 9.17) is 0 Å². The lowest BCUT2D eigenvalue weighted by molar-refractivity contribution is 0.0950. The standard InChI is InChI=1S/C16H19N3O3S/c1-12-15(16(20)17-9-13-5-3-2-4-6-13)10-18-19(12)14-7-8-23(21,22)11-14/h2-6,10,14H,7-9,11H2,1H3,(H,17,20). The molecular weight excluding hydrogens is 314 g/mol. The Morgan fingerprint density at radius 2 is 2.09 bits per heavy atom. The van der Waals surface area contributed by atoms with Crippen LogP contribution in [0, 0.1) is 6.92 Å². The van der Waals surface area contributed by atoms with Gasteiger partial charge in [0.1, 0.15) is 0 Å². The molecule has 1 aromatic heterocycles. The Bertz CT molecular complexity index is 812. The second-order valence-electron chi connectivity index (χ2n) is 5.81. The first-order valence-corrected chi connectivity index (χ1v) is 9.35. The van der Waals surface area contributed by atoms with Crippen LogP contribution >= 0.6 is 0 Å². The van der Waals surface area contributed by atoms with E-state index in [9.17, 15) is 13.2 Å². The van der Waals surface area contributed by atoms with E-state index in [1.54, 1.807) is 11.6 Å². The molecule has 2 aromatic rings. The summed E-state index contributed by atoms with van der Waals surface area (Å²) in [4.78, 5) is 12.3. The van der Waals surface area contributed by atoms with Crippen molar-refractivity contribution in [3.63, 3.8) is 0 Å². The average molecular weight is 333 g/mol. The van der Waals surface area contributed by atoms with E-state index in [1.807, 2.05) is 30.3 Å². The molecule has 1 aliphatic rings. The summed E-state index contributed by atoms with van der Waals surface area (Å²) in [6.45, 7) is 2.25. The lowest BCUT2D eigenvalue weighted by atomic mass is 10.2. The average Bonchev–Trinajstić information content (AvgIpc) is 3.08. The van der Waals surface area contributed by atoms with Gasteiger partial charge in [-0.05, 0) is 18.9 Å². The summed E-state index contributed by atoms with van der Waals surface area (Å²) >= 11 is 0. The number of hydrogen-bond donors (Lipinski definition) is 1. The topological polar surface area (TPSA) is 81.1 Å². The van der Waals surface area contributed by atoms with Crippen LogP contribution in [0.4, 0.5) is 0 Å². The van der Waals surface area contributed by atoms with Crippen molar-refractivity contribution >= 4 is 15.7 Å².